The lowest BCUT2D eigenvalue weighted by Crippen LogP contribution is -2.29. The van der Waals surface area contributed by atoms with Gasteiger partial charge in [-0.15, -0.1) is 5.10 Å². The van der Waals surface area contributed by atoms with Gasteiger partial charge in [0.1, 0.15) is 11.6 Å². The van der Waals surface area contributed by atoms with E-state index in [0.29, 0.717) is 34.7 Å². The first-order valence-corrected chi connectivity index (χ1v) is 8.45. The maximum absolute atomic E-state index is 14.5. The van der Waals surface area contributed by atoms with Gasteiger partial charge in [0, 0.05) is 29.8 Å². The Labute approximate surface area is 154 Å². The van der Waals surface area contributed by atoms with Crippen LogP contribution in [0.4, 0.5) is 10.2 Å². The second kappa shape index (κ2) is 6.51. The first kappa shape index (κ1) is 17.2. The minimum atomic E-state index is -0.891. The van der Waals surface area contributed by atoms with Crippen LogP contribution in [-0.2, 0) is 6.54 Å². The van der Waals surface area contributed by atoms with Crippen molar-refractivity contribution in [2.45, 2.75) is 26.0 Å². The Morgan fingerprint density at radius 3 is 2.93 bits per heavy atom. The number of rotatable bonds is 5. The second-order valence-corrected chi connectivity index (χ2v) is 6.96. The van der Waals surface area contributed by atoms with E-state index < -0.39 is 5.60 Å². The lowest BCUT2D eigenvalue weighted by molar-refractivity contribution is 0.0944. The van der Waals surface area contributed by atoms with E-state index in [1.807, 2.05) is 6.07 Å². The molecule has 0 saturated carbocycles. The second-order valence-electron chi connectivity index (χ2n) is 6.96. The Kier molecular flexibility index (Phi) is 4.15. The number of aromatic nitrogens is 6. The Bertz CT molecular complexity index is 1120. The molecule has 0 fully saturated rings. The molecule has 0 amide bonds. The first-order chi connectivity index (χ1) is 12.9. The molecule has 0 atom stereocenters. The summed E-state index contributed by atoms with van der Waals surface area (Å²) in [4.78, 5) is 12.8. The van der Waals surface area contributed by atoms with Crippen molar-refractivity contribution in [2.24, 2.45) is 0 Å². The zero-order chi connectivity index (χ0) is 19.0. The summed E-state index contributed by atoms with van der Waals surface area (Å²) in [6.45, 7) is 3.85. The highest BCUT2D eigenvalue weighted by Crippen LogP contribution is 2.19. The van der Waals surface area contributed by atoms with Crippen LogP contribution in [0.1, 0.15) is 19.4 Å². The molecule has 138 valence electrons. The van der Waals surface area contributed by atoms with Crippen LogP contribution in [0.15, 0.2) is 36.7 Å². The van der Waals surface area contributed by atoms with Crippen LogP contribution in [0, 0.1) is 5.82 Å². The number of hydrogen-bond acceptors (Lipinski definition) is 7. The molecular weight excluding hydrogens is 349 g/mol. The maximum atomic E-state index is 14.5. The summed E-state index contributed by atoms with van der Waals surface area (Å²) in [6, 6.07) is 6.84. The van der Waals surface area contributed by atoms with Crippen LogP contribution in [0.3, 0.4) is 0 Å². The molecule has 0 aliphatic carbocycles. The molecule has 9 heteroatoms. The normalized spacial score (nSPS) is 12.0. The van der Waals surface area contributed by atoms with Gasteiger partial charge in [-0.25, -0.2) is 19.0 Å². The highest BCUT2D eigenvalue weighted by Gasteiger charge is 2.15. The van der Waals surface area contributed by atoms with E-state index in [1.54, 1.807) is 32.2 Å². The fourth-order valence-corrected chi connectivity index (χ4v) is 2.68. The van der Waals surface area contributed by atoms with Crippen LogP contribution in [0.25, 0.3) is 22.2 Å². The average molecular weight is 367 g/mol. The van der Waals surface area contributed by atoms with Gasteiger partial charge in [0.2, 0.25) is 5.65 Å². The van der Waals surface area contributed by atoms with Crippen LogP contribution in [-0.4, -0.2) is 47.2 Å². The van der Waals surface area contributed by atoms with E-state index >= 15 is 0 Å². The number of halogens is 1. The Hall–Kier alpha value is -3.20. The van der Waals surface area contributed by atoms with Gasteiger partial charge in [-0.1, -0.05) is 11.3 Å². The third kappa shape index (κ3) is 3.68. The maximum Gasteiger partial charge on any atom is 0.221 e. The lowest BCUT2D eigenvalue weighted by atomic mass is 10.1. The summed E-state index contributed by atoms with van der Waals surface area (Å²) in [6.07, 6.45) is 3.15. The SMILES string of the molecule is CC(C)(O)CNc1cnc2nnn(Cc3cc4cccnc4cc3F)c2n1. The van der Waals surface area contributed by atoms with Gasteiger partial charge in [-0.3, -0.25) is 4.98 Å². The molecule has 3 heterocycles. The van der Waals surface area contributed by atoms with E-state index in [2.05, 4.69) is 30.6 Å². The van der Waals surface area contributed by atoms with Crippen LogP contribution in [0.5, 0.6) is 0 Å². The largest absolute Gasteiger partial charge is 0.389 e. The fraction of sp³-hybridized carbons (Fsp3) is 0.278. The molecule has 27 heavy (non-hydrogen) atoms. The predicted molar refractivity (Wildman–Crippen MR) is 98.7 cm³/mol. The first-order valence-electron chi connectivity index (χ1n) is 8.45. The molecule has 0 radical (unpaired) electrons. The minimum Gasteiger partial charge on any atom is -0.389 e. The van der Waals surface area contributed by atoms with Crippen LogP contribution >= 0.6 is 0 Å². The third-order valence-corrected chi connectivity index (χ3v) is 4.02. The Morgan fingerprint density at radius 1 is 1.26 bits per heavy atom. The molecule has 0 aliphatic heterocycles. The van der Waals surface area contributed by atoms with Gasteiger partial charge in [0.05, 0.1) is 23.9 Å². The van der Waals surface area contributed by atoms with Gasteiger partial charge < -0.3 is 10.4 Å². The summed E-state index contributed by atoms with van der Waals surface area (Å²) in [5.74, 6) is 0.116. The topological polar surface area (TPSA) is 102 Å². The Morgan fingerprint density at radius 2 is 2.11 bits per heavy atom. The van der Waals surface area contributed by atoms with Crippen molar-refractivity contribution in [3.63, 3.8) is 0 Å². The molecule has 4 rings (SSSR count). The average Bonchev–Trinajstić information content (AvgIpc) is 3.02. The number of nitrogens with zero attached hydrogens (tertiary/aromatic N) is 6. The highest BCUT2D eigenvalue weighted by atomic mass is 19.1. The van der Waals surface area contributed by atoms with Crippen LogP contribution in [0.2, 0.25) is 0 Å². The van der Waals surface area contributed by atoms with E-state index in [1.165, 1.54) is 16.9 Å². The van der Waals surface area contributed by atoms with Gasteiger partial charge >= 0.3 is 0 Å². The molecule has 1 aromatic carbocycles. The van der Waals surface area contributed by atoms with Crippen molar-refractivity contribution < 1.29 is 9.50 Å². The van der Waals surface area contributed by atoms with Gasteiger partial charge in [0.25, 0.3) is 0 Å². The van der Waals surface area contributed by atoms with Crippen molar-refractivity contribution >= 4 is 28.0 Å². The van der Waals surface area contributed by atoms with Crippen molar-refractivity contribution in [3.8, 4) is 0 Å². The smallest absolute Gasteiger partial charge is 0.221 e. The number of pyridine rings is 1. The molecule has 0 aliphatic rings. The van der Waals surface area contributed by atoms with E-state index in [0.717, 1.165) is 5.39 Å². The number of hydrogen-bond donors (Lipinski definition) is 2. The molecule has 4 aromatic rings. The number of aliphatic hydroxyl groups is 1. The molecule has 0 saturated heterocycles. The van der Waals surface area contributed by atoms with Crippen molar-refractivity contribution in [1.29, 1.82) is 0 Å². The third-order valence-electron chi connectivity index (χ3n) is 4.02. The van der Waals surface area contributed by atoms with Crippen molar-refractivity contribution in [3.05, 3.63) is 48.0 Å². The zero-order valence-electron chi connectivity index (χ0n) is 14.9. The van der Waals surface area contributed by atoms with Gasteiger partial charge in [-0.05, 0) is 26.0 Å². The molecule has 0 unspecified atom stereocenters. The van der Waals surface area contributed by atoms with Crippen molar-refractivity contribution in [1.82, 2.24) is 29.9 Å². The quantitative estimate of drug-likeness (QED) is 0.557. The van der Waals surface area contributed by atoms with Crippen LogP contribution < -0.4 is 5.32 Å². The number of anilines is 1. The minimum absolute atomic E-state index is 0.163. The number of benzene rings is 1. The van der Waals surface area contributed by atoms with E-state index in [4.69, 9.17) is 0 Å². The van der Waals surface area contributed by atoms with E-state index in [-0.39, 0.29) is 12.4 Å². The van der Waals surface area contributed by atoms with E-state index in [9.17, 15) is 9.50 Å². The van der Waals surface area contributed by atoms with Gasteiger partial charge in [-0.2, -0.15) is 0 Å². The summed E-state index contributed by atoms with van der Waals surface area (Å²) in [7, 11) is 0. The van der Waals surface area contributed by atoms with Gasteiger partial charge in [0.15, 0.2) is 5.65 Å². The summed E-state index contributed by atoms with van der Waals surface area (Å²) in [5, 5.41) is 21.7. The molecule has 2 N–H and O–H groups in total. The fourth-order valence-electron chi connectivity index (χ4n) is 2.68. The predicted octanol–water partition coefficient (Wildman–Crippen LogP) is 2.14. The standard InChI is InChI=1S/C18H18FN7O/c1-18(2,27)10-22-15-8-21-16-17(23-15)26(25-24-16)9-12-6-11-4-3-5-20-14(11)7-13(12)19/h3-8,27H,9-10H2,1-2H3,(H,22,23). The zero-order valence-corrected chi connectivity index (χ0v) is 14.9. The number of nitrogens with one attached hydrogen (secondary N) is 1. The Balaban J connectivity index is 1.66. The molecular formula is C18H18FN7O. The van der Waals surface area contributed by atoms with Crippen molar-refractivity contribution in [2.75, 3.05) is 11.9 Å². The summed E-state index contributed by atoms with van der Waals surface area (Å²) < 4.78 is 16.0. The number of fused-ring (bicyclic) bond motifs is 2. The molecule has 0 bridgehead atoms. The monoisotopic (exact) mass is 367 g/mol. The summed E-state index contributed by atoms with van der Waals surface area (Å²) in [5.41, 5.74) is 0.962. The molecule has 0 spiro atoms. The highest BCUT2D eigenvalue weighted by molar-refractivity contribution is 5.79. The summed E-state index contributed by atoms with van der Waals surface area (Å²) >= 11 is 0. The lowest BCUT2D eigenvalue weighted by Gasteiger charge is -2.17. The molecule has 3 aromatic heterocycles. The molecule has 8 nitrogen and oxygen atoms in total.